The van der Waals surface area contributed by atoms with Crippen LogP contribution in [0.5, 0.6) is 0 Å². The Kier molecular flexibility index (Phi) is 7.14. The van der Waals surface area contributed by atoms with Gasteiger partial charge in [0.2, 0.25) is 0 Å². The molecule has 0 bridgehead atoms. The zero-order valence-electron chi connectivity index (χ0n) is 14.5. The molecule has 1 rings (SSSR count). The Hall–Kier alpha value is -0.610. The Morgan fingerprint density at radius 1 is 1.33 bits per heavy atom. The molecule has 2 unspecified atom stereocenters. The Morgan fingerprint density at radius 2 is 2.05 bits per heavy atom. The van der Waals surface area contributed by atoms with E-state index in [1.165, 1.54) is 0 Å². The quantitative estimate of drug-likeness (QED) is 0.552. The molecule has 124 valence electrons. The van der Waals surface area contributed by atoms with Crippen molar-refractivity contribution >= 4 is 5.97 Å². The highest BCUT2D eigenvalue weighted by molar-refractivity contribution is 5.81. The highest BCUT2D eigenvalue weighted by Crippen LogP contribution is 2.38. The lowest BCUT2D eigenvalue weighted by molar-refractivity contribution is -0.153. The lowest BCUT2D eigenvalue weighted by Crippen LogP contribution is -2.54. The molecule has 0 radical (unpaired) electrons. The number of rotatable bonds is 8. The predicted molar refractivity (Wildman–Crippen MR) is 85.3 cm³/mol. The third kappa shape index (κ3) is 5.26. The monoisotopic (exact) mass is 299 g/mol. The van der Waals surface area contributed by atoms with Gasteiger partial charge < -0.3 is 14.8 Å². The third-order valence-corrected chi connectivity index (χ3v) is 4.51. The van der Waals surface area contributed by atoms with Gasteiger partial charge in [-0.3, -0.25) is 4.79 Å². The molecule has 0 aliphatic heterocycles. The van der Waals surface area contributed by atoms with E-state index < -0.39 is 5.54 Å². The van der Waals surface area contributed by atoms with Gasteiger partial charge in [-0.05, 0) is 51.0 Å². The van der Waals surface area contributed by atoms with Gasteiger partial charge in [-0.2, -0.15) is 0 Å². The van der Waals surface area contributed by atoms with Crippen LogP contribution in [0.2, 0.25) is 0 Å². The second-order valence-corrected chi connectivity index (χ2v) is 7.24. The van der Waals surface area contributed by atoms with Crippen LogP contribution in [0.3, 0.4) is 0 Å². The molecule has 0 spiro atoms. The third-order valence-electron chi connectivity index (χ3n) is 4.51. The molecular weight excluding hydrogens is 266 g/mol. The standard InChI is InChI=1S/C17H33NO3/c1-6-21-15(19)17(18-5)10-7-8-14(17)9-12-20-13-11-16(2,3)4/h14,18H,6-13H2,1-5H3. The fourth-order valence-corrected chi connectivity index (χ4v) is 3.13. The van der Waals surface area contributed by atoms with Gasteiger partial charge in [-0.25, -0.2) is 0 Å². The summed E-state index contributed by atoms with van der Waals surface area (Å²) >= 11 is 0. The summed E-state index contributed by atoms with van der Waals surface area (Å²) in [5.74, 6) is 0.223. The summed E-state index contributed by atoms with van der Waals surface area (Å²) in [5.41, 5.74) is -0.184. The van der Waals surface area contributed by atoms with Crippen LogP contribution in [0.1, 0.15) is 59.8 Å². The van der Waals surface area contributed by atoms with E-state index in [4.69, 9.17) is 9.47 Å². The van der Waals surface area contributed by atoms with Gasteiger partial charge in [-0.1, -0.05) is 27.2 Å². The molecule has 1 aliphatic rings. The smallest absolute Gasteiger partial charge is 0.326 e. The van der Waals surface area contributed by atoms with Crippen LogP contribution in [0.4, 0.5) is 0 Å². The fraction of sp³-hybridized carbons (Fsp3) is 0.941. The van der Waals surface area contributed by atoms with Crippen LogP contribution in [-0.2, 0) is 14.3 Å². The number of likely N-dealkylation sites (N-methyl/N-ethyl adjacent to an activating group) is 1. The zero-order chi connectivity index (χ0) is 15.9. The summed E-state index contributed by atoms with van der Waals surface area (Å²) in [4.78, 5) is 12.3. The van der Waals surface area contributed by atoms with E-state index in [0.29, 0.717) is 17.9 Å². The molecule has 0 aromatic heterocycles. The maximum atomic E-state index is 12.3. The maximum Gasteiger partial charge on any atom is 0.326 e. The van der Waals surface area contributed by atoms with Crippen LogP contribution >= 0.6 is 0 Å². The fourth-order valence-electron chi connectivity index (χ4n) is 3.13. The number of carbonyl (C=O) groups excluding carboxylic acids is 1. The molecular formula is C17H33NO3. The topological polar surface area (TPSA) is 47.6 Å². The van der Waals surface area contributed by atoms with Crippen LogP contribution < -0.4 is 5.32 Å². The number of ether oxygens (including phenoxy) is 2. The first-order chi connectivity index (χ1) is 9.85. The van der Waals surface area contributed by atoms with E-state index in [1.807, 2.05) is 14.0 Å². The lowest BCUT2D eigenvalue weighted by Gasteiger charge is -2.33. The highest BCUT2D eigenvalue weighted by atomic mass is 16.5. The summed E-state index contributed by atoms with van der Waals surface area (Å²) in [7, 11) is 1.87. The number of carbonyl (C=O) groups is 1. The molecule has 1 saturated carbocycles. The Bertz CT molecular complexity index is 324. The van der Waals surface area contributed by atoms with Crippen molar-refractivity contribution < 1.29 is 14.3 Å². The SMILES string of the molecule is CCOC(=O)C1(NC)CCCC1CCOCCC(C)(C)C. The van der Waals surface area contributed by atoms with Crippen molar-refractivity contribution in [2.75, 3.05) is 26.9 Å². The maximum absolute atomic E-state index is 12.3. The molecule has 1 N–H and O–H groups in total. The summed E-state index contributed by atoms with van der Waals surface area (Å²) in [6, 6.07) is 0. The van der Waals surface area contributed by atoms with Crippen LogP contribution in [0.25, 0.3) is 0 Å². The average Bonchev–Trinajstić information content (AvgIpc) is 2.81. The van der Waals surface area contributed by atoms with E-state index in [2.05, 4.69) is 26.1 Å². The number of nitrogens with one attached hydrogen (secondary N) is 1. The van der Waals surface area contributed by atoms with Gasteiger partial charge >= 0.3 is 5.97 Å². The molecule has 1 aliphatic carbocycles. The van der Waals surface area contributed by atoms with Gasteiger partial charge in [0, 0.05) is 13.2 Å². The largest absolute Gasteiger partial charge is 0.465 e. The second kappa shape index (κ2) is 8.14. The molecule has 4 heteroatoms. The van der Waals surface area contributed by atoms with E-state index in [-0.39, 0.29) is 5.97 Å². The summed E-state index contributed by atoms with van der Waals surface area (Å²) in [6.07, 6.45) is 5.00. The first kappa shape index (κ1) is 18.4. The van der Waals surface area contributed by atoms with Gasteiger partial charge in [0.25, 0.3) is 0 Å². The normalized spacial score (nSPS) is 26.0. The molecule has 0 saturated heterocycles. The number of esters is 1. The minimum atomic E-state index is -0.497. The van der Waals surface area contributed by atoms with Crippen LogP contribution in [0, 0.1) is 11.3 Å². The van der Waals surface area contributed by atoms with Crippen molar-refractivity contribution in [3.05, 3.63) is 0 Å². The van der Waals surface area contributed by atoms with E-state index >= 15 is 0 Å². The molecule has 0 amide bonds. The first-order valence-electron chi connectivity index (χ1n) is 8.29. The molecule has 0 aromatic rings. The average molecular weight is 299 g/mol. The number of hydrogen-bond acceptors (Lipinski definition) is 4. The second-order valence-electron chi connectivity index (χ2n) is 7.24. The first-order valence-corrected chi connectivity index (χ1v) is 8.29. The molecule has 0 heterocycles. The van der Waals surface area contributed by atoms with Gasteiger partial charge in [-0.15, -0.1) is 0 Å². The van der Waals surface area contributed by atoms with Crippen LogP contribution in [-0.4, -0.2) is 38.4 Å². The Balaban J connectivity index is 2.43. The number of hydrogen-bond donors (Lipinski definition) is 1. The minimum absolute atomic E-state index is 0.0929. The molecule has 1 fully saturated rings. The van der Waals surface area contributed by atoms with Gasteiger partial charge in [0.15, 0.2) is 0 Å². The summed E-state index contributed by atoms with van der Waals surface area (Å²) < 4.78 is 11.0. The zero-order valence-corrected chi connectivity index (χ0v) is 14.5. The summed E-state index contributed by atoms with van der Waals surface area (Å²) in [5, 5.41) is 3.25. The van der Waals surface area contributed by atoms with E-state index in [0.717, 1.165) is 45.3 Å². The van der Waals surface area contributed by atoms with Crippen molar-refractivity contribution in [2.45, 2.75) is 65.3 Å². The van der Waals surface area contributed by atoms with Crippen molar-refractivity contribution in [1.29, 1.82) is 0 Å². The van der Waals surface area contributed by atoms with Crippen LogP contribution in [0.15, 0.2) is 0 Å². The molecule has 21 heavy (non-hydrogen) atoms. The molecule has 4 nitrogen and oxygen atoms in total. The van der Waals surface area contributed by atoms with E-state index in [1.54, 1.807) is 0 Å². The van der Waals surface area contributed by atoms with Gasteiger partial charge in [0.1, 0.15) is 5.54 Å². The lowest BCUT2D eigenvalue weighted by atomic mass is 9.85. The minimum Gasteiger partial charge on any atom is -0.465 e. The van der Waals surface area contributed by atoms with Crippen molar-refractivity contribution in [3.8, 4) is 0 Å². The summed E-state index contributed by atoms with van der Waals surface area (Å²) in [6.45, 7) is 10.5. The predicted octanol–water partition coefficient (Wildman–Crippen LogP) is 3.15. The van der Waals surface area contributed by atoms with Crippen molar-refractivity contribution in [3.63, 3.8) is 0 Å². The molecule has 0 aromatic carbocycles. The highest BCUT2D eigenvalue weighted by Gasteiger charge is 2.48. The van der Waals surface area contributed by atoms with Gasteiger partial charge in [0.05, 0.1) is 6.61 Å². The van der Waals surface area contributed by atoms with E-state index in [9.17, 15) is 4.79 Å². The Labute approximate surface area is 130 Å². The van der Waals surface area contributed by atoms with Crippen molar-refractivity contribution in [2.24, 2.45) is 11.3 Å². The van der Waals surface area contributed by atoms with Crippen molar-refractivity contribution in [1.82, 2.24) is 5.32 Å². The molecule has 2 atom stereocenters. The Morgan fingerprint density at radius 3 is 2.62 bits per heavy atom.